The van der Waals surface area contributed by atoms with Crippen LogP contribution in [0, 0.1) is 0 Å². The zero-order valence-electron chi connectivity index (χ0n) is 14.2. The van der Waals surface area contributed by atoms with Gasteiger partial charge in [0.1, 0.15) is 5.75 Å². The Morgan fingerprint density at radius 1 is 1.48 bits per heavy atom. The minimum atomic E-state index is -1.67. The fraction of sp³-hybridized carbons (Fsp3) is 0.500. The zero-order valence-corrected chi connectivity index (χ0v) is 14.2. The molecule has 1 fully saturated rings. The van der Waals surface area contributed by atoms with E-state index in [2.05, 4.69) is 10.1 Å². The molecule has 4 rings (SSSR count). The van der Waals surface area contributed by atoms with E-state index in [0.717, 1.165) is 17.7 Å². The first-order valence-corrected chi connectivity index (χ1v) is 8.59. The summed E-state index contributed by atoms with van der Waals surface area (Å²) in [7, 11) is 1.85. The van der Waals surface area contributed by atoms with Crippen molar-refractivity contribution in [1.29, 1.82) is 0 Å². The number of rotatable bonds is 4. The Balaban J connectivity index is 1.53. The second-order valence-corrected chi connectivity index (χ2v) is 6.91. The van der Waals surface area contributed by atoms with Crippen LogP contribution < -0.4 is 4.74 Å². The third kappa shape index (κ3) is 2.99. The van der Waals surface area contributed by atoms with Gasteiger partial charge in [0.2, 0.25) is 0 Å². The average Bonchev–Trinajstić information content (AvgIpc) is 2.98. The summed E-state index contributed by atoms with van der Waals surface area (Å²) in [4.78, 5) is 18.3. The van der Waals surface area contributed by atoms with Crippen LogP contribution in [-0.2, 0) is 18.4 Å². The molecule has 1 atom stereocenters. The number of fused-ring (bicyclic) bond motifs is 1. The number of carbonyl (C=O) groups excluding carboxylic acids is 1. The van der Waals surface area contributed by atoms with Gasteiger partial charge in [-0.25, -0.2) is 4.39 Å². The molecular weight excluding hydrogens is 323 g/mol. The molecule has 0 N–H and O–H groups in total. The maximum atomic E-state index is 14.6. The van der Waals surface area contributed by atoms with E-state index in [0.29, 0.717) is 38.3 Å². The highest BCUT2D eigenvalue weighted by Gasteiger charge is 2.48. The Hall–Kier alpha value is -2.44. The highest BCUT2D eigenvalue weighted by molar-refractivity contribution is 5.86. The number of alkyl halides is 1. The van der Waals surface area contributed by atoms with Crippen LogP contribution >= 0.6 is 0 Å². The first-order chi connectivity index (χ1) is 12.0. The summed E-state index contributed by atoms with van der Waals surface area (Å²) >= 11 is 0. The fourth-order valence-corrected chi connectivity index (χ4v) is 3.54. The fourth-order valence-electron chi connectivity index (χ4n) is 3.54. The van der Waals surface area contributed by atoms with Crippen LogP contribution in [0.4, 0.5) is 4.39 Å². The SMILES string of the molecule is Cn1cc2c(n1)C(COc1cccnc1)CN(C(=O)C1(F)CCC1)C2. The summed E-state index contributed by atoms with van der Waals surface area (Å²) in [6.07, 6.45) is 6.68. The van der Waals surface area contributed by atoms with Crippen molar-refractivity contribution in [3.05, 3.63) is 42.0 Å². The largest absolute Gasteiger partial charge is 0.491 e. The zero-order chi connectivity index (χ0) is 17.4. The van der Waals surface area contributed by atoms with Crippen LogP contribution in [0.25, 0.3) is 0 Å². The summed E-state index contributed by atoms with van der Waals surface area (Å²) in [5.74, 6) is 0.196. The number of nitrogens with zero attached hydrogens (tertiary/aromatic N) is 4. The summed E-state index contributed by atoms with van der Waals surface area (Å²) in [6.45, 7) is 1.21. The average molecular weight is 344 g/mol. The highest BCUT2D eigenvalue weighted by atomic mass is 19.1. The first kappa shape index (κ1) is 16.1. The number of halogens is 1. The van der Waals surface area contributed by atoms with E-state index >= 15 is 0 Å². The van der Waals surface area contributed by atoms with Gasteiger partial charge in [-0.05, 0) is 31.4 Å². The molecule has 2 aliphatic rings. The van der Waals surface area contributed by atoms with Crippen molar-refractivity contribution in [3.8, 4) is 5.75 Å². The number of aromatic nitrogens is 3. The van der Waals surface area contributed by atoms with Gasteiger partial charge in [-0.1, -0.05) is 0 Å². The van der Waals surface area contributed by atoms with Gasteiger partial charge in [0.15, 0.2) is 5.67 Å². The molecule has 7 heteroatoms. The summed E-state index contributed by atoms with van der Waals surface area (Å²) in [5.41, 5.74) is 0.218. The molecule has 0 radical (unpaired) electrons. The molecule has 0 spiro atoms. The lowest BCUT2D eigenvalue weighted by atomic mass is 9.80. The molecule has 0 saturated heterocycles. The molecule has 0 aromatic carbocycles. The quantitative estimate of drug-likeness (QED) is 0.853. The third-order valence-corrected chi connectivity index (χ3v) is 5.03. The van der Waals surface area contributed by atoms with Crippen molar-refractivity contribution < 1.29 is 13.9 Å². The lowest BCUT2D eigenvalue weighted by Crippen LogP contribution is -2.52. The van der Waals surface area contributed by atoms with Crippen molar-refractivity contribution >= 4 is 5.91 Å². The van der Waals surface area contributed by atoms with Gasteiger partial charge in [0, 0.05) is 38.1 Å². The van der Waals surface area contributed by atoms with Crippen LogP contribution in [0.3, 0.4) is 0 Å². The molecule has 1 unspecified atom stereocenters. The number of pyridine rings is 1. The number of hydrogen-bond acceptors (Lipinski definition) is 4. The molecule has 0 bridgehead atoms. The maximum absolute atomic E-state index is 14.6. The molecular formula is C18H21FN4O2. The Kier molecular flexibility index (Phi) is 3.94. The van der Waals surface area contributed by atoms with E-state index in [-0.39, 0.29) is 11.8 Å². The number of amides is 1. The summed E-state index contributed by atoms with van der Waals surface area (Å²) in [5, 5.41) is 4.52. The van der Waals surface area contributed by atoms with Gasteiger partial charge in [-0.15, -0.1) is 0 Å². The molecule has 1 amide bonds. The highest BCUT2D eigenvalue weighted by Crippen LogP contribution is 2.39. The standard InChI is InChI=1S/C18H21FN4O2/c1-22-9-13-10-23(17(24)18(19)5-3-6-18)11-14(16(13)21-22)12-25-15-4-2-7-20-8-15/h2,4,7-9,14H,3,5-6,10-12H2,1H3. The minimum Gasteiger partial charge on any atom is -0.491 e. The van der Waals surface area contributed by atoms with Gasteiger partial charge in [-0.3, -0.25) is 14.5 Å². The van der Waals surface area contributed by atoms with Crippen molar-refractivity contribution in [2.24, 2.45) is 7.05 Å². The predicted molar refractivity (Wildman–Crippen MR) is 88.8 cm³/mol. The minimum absolute atomic E-state index is 0.0854. The number of aryl methyl sites for hydroxylation is 1. The lowest BCUT2D eigenvalue weighted by molar-refractivity contribution is -0.151. The van der Waals surface area contributed by atoms with Crippen LogP contribution in [0.2, 0.25) is 0 Å². The topological polar surface area (TPSA) is 60.2 Å². The number of carbonyl (C=O) groups is 1. The van der Waals surface area contributed by atoms with E-state index in [1.54, 1.807) is 22.0 Å². The smallest absolute Gasteiger partial charge is 0.260 e. The number of hydrogen-bond donors (Lipinski definition) is 0. The van der Waals surface area contributed by atoms with Crippen molar-refractivity contribution in [2.45, 2.75) is 37.4 Å². The maximum Gasteiger partial charge on any atom is 0.260 e. The van der Waals surface area contributed by atoms with Crippen molar-refractivity contribution in [3.63, 3.8) is 0 Å². The number of ether oxygens (including phenoxy) is 1. The van der Waals surface area contributed by atoms with Crippen LogP contribution in [0.5, 0.6) is 5.75 Å². The molecule has 2 aromatic rings. The van der Waals surface area contributed by atoms with E-state index in [1.807, 2.05) is 25.4 Å². The molecule has 6 nitrogen and oxygen atoms in total. The Morgan fingerprint density at radius 2 is 2.32 bits per heavy atom. The van der Waals surface area contributed by atoms with Gasteiger partial charge in [-0.2, -0.15) is 5.10 Å². The Labute approximate surface area is 145 Å². The molecule has 1 aliphatic carbocycles. The summed E-state index contributed by atoms with van der Waals surface area (Å²) < 4.78 is 22.2. The predicted octanol–water partition coefficient (Wildman–Crippen LogP) is 2.21. The van der Waals surface area contributed by atoms with Gasteiger partial charge in [0.25, 0.3) is 5.91 Å². The normalized spacial score (nSPS) is 21.4. The molecule has 3 heterocycles. The molecule has 1 aliphatic heterocycles. The monoisotopic (exact) mass is 344 g/mol. The van der Waals surface area contributed by atoms with Crippen molar-refractivity contribution in [1.82, 2.24) is 19.7 Å². The van der Waals surface area contributed by atoms with Gasteiger partial charge >= 0.3 is 0 Å². The van der Waals surface area contributed by atoms with Crippen LogP contribution in [0.1, 0.15) is 36.4 Å². The second kappa shape index (κ2) is 6.13. The van der Waals surface area contributed by atoms with E-state index in [1.165, 1.54) is 0 Å². The lowest BCUT2D eigenvalue weighted by Gasteiger charge is -2.40. The summed E-state index contributed by atoms with van der Waals surface area (Å²) in [6, 6.07) is 3.64. The van der Waals surface area contributed by atoms with E-state index in [4.69, 9.17) is 4.74 Å². The third-order valence-electron chi connectivity index (χ3n) is 5.03. The van der Waals surface area contributed by atoms with E-state index in [9.17, 15) is 9.18 Å². The molecule has 2 aromatic heterocycles. The van der Waals surface area contributed by atoms with Crippen LogP contribution in [-0.4, -0.2) is 44.4 Å². The van der Waals surface area contributed by atoms with Crippen LogP contribution in [0.15, 0.2) is 30.7 Å². The first-order valence-electron chi connectivity index (χ1n) is 8.59. The Bertz CT molecular complexity index is 773. The van der Waals surface area contributed by atoms with Crippen molar-refractivity contribution in [2.75, 3.05) is 13.2 Å². The van der Waals surface area contributed by atoms with Gasteiger partial charge < -0.3 is 9.64 Å². The molecule has 25 heavy (non-hydrogen) atoms. The van der Waals surface area contributed by atoms with Gasteiger partial charge in [0.05, 0.1) is 24.4 Å². The Morgan fingerprint density at radius 3 is 3.00 bits per heavy atom. The van der Waals surface area contributed by atoms with E-state index < -0.39 is 5.67 Å². The second-order valence-electron chi connectivity index (χ2n) is 6.91. The molecule has 132 valence electrons. The molecule has 1 saturated carbocycles.